The van der Waals surface area contributed by atoms with Crippen LogP contribution in [0, 0.1) is 5.92 Å². The van der Waals surface area contributed by atoms with E-state index in [2.05, 4.69) is 111 Å². The molecule has 0 saturated carbocycles. The predicted octanol–water partition coefficient (Wildman–Crippen LogP) is 8.83. The lowest BCUT2D eigenvalue weighted by Crippen LogP contribution is -2.33. The smallest absolute Gasteiger partial charge is 0.0522 e. The first-order valence-electron chi connectivity index (χ1n) is 13.3. The van der Waals surface area contributed by atoms with Crippen molar-refractivity contribution in [1.29, 1.82) is 0 Å². The van der Waals surface area contributed by atoms with Gasteiger partial charge < -0.3 is 5.32 Å². The zero-order valence-corrected chi connectivity index (χ0v) is 21.4. The number of anilines is 1. The standard InChI is InChI=1S/C35H35N/c1-5-23-22-34(31-16-8-7-14-28(31)27(23)6-2)36-26-13-11-12-24(20-26)25-18-19-30-29-15-9-10-17-32(29)35(3,4)33(30)21-25/h5-7,9-15,17,19-22,25,31,34,36H,1-2,8,16,18H2,3-4H3. The van der Waals surface area contributed by atoms with Crippen LogP contribution in [-0.4, -0.2) is 6.04 Å². The zero-order valence-electron chi connectivity index (χ0n) is 21.4. The first kappa shape index (κ1) is 22.9. The lowest BCUT2D eigenvalue weighted by Gasteiger charge is -2.35. The Morgan fingerprint density at radius 2 is 1.86 bits per heavy atom. The fraction of sp³-hybridized carbons (Fsp3) is 0.257. The summed E-state index contributed by atoms with van der Waals surface area (Å²) in [4.78, 5) is 0. The van der Waals surface area contributed by atoms with Gasteiger partial charge in [-0.15, -0.1) is 0 Å². The van der Waals surface area contributed by atoms with Crippen molar-refractivity contribution in [2.75, 3.05) is 5.32 Å². The number of allylic oxidation sites excluding steroid dienone is 10. The van der Waals surface area contributed by atoms with Crippen molar-refractivity contribution in [1.82, 2.24) is 0 Å². The van der Waals surface area contributed by atoms with E-state index in [9.17, 15) is 0 Å². The normalized spacial score (nSPS) is 25.6. The third kappa shape index (κ3) is 3.61. The summed E-state index contributed by atoms with van der Waals surface area (Å²) in [5.74, 6) is 0.848. The predicted molar refractivity (Wildman–Crippen MR) is 154 cm³/mol. The van der Waals surface area contributed by atoms with E-state index in [0.717, 1.165) is 19.3 Å². The maximum absolute atomic E-state index is 4.08. The Hall–Kier alpha value is -3.58. The van der Waals surface area contributed by atoms with E-state index in [-0.39, 0.29) is 11.5 Å². The summed E-state index contributed by atoms with van der Waals surface area (Å²) in [5.41, 5.74) is 12.2. The molecule has 4 aliphatic carbocycles. The van der Waals surface area contributed by atoms with Gasteiger partial charge in [0.25, 0.3) is 0 Å². The van der Waals surface area contributed by atoms with Crippen LogP contribution in [-0.2, 0) is 5.41 Å². The number of hydrogen-bond acceptors (Lipinski definition) is 1. The third-order valence-corrected chi connectivity index (χ3v) is 8.63. The molecule has 0 saturated heterocycles. The van der Waals surface area contributed by atoms with E-state index in [1.807, 2.05) is 12.2 Å². The van der Waals surface area contributed by atoms with Crippen molar-refractivity contribution in [3.63, 3.8) is 0 Å². The highest BCUT2D eigenvalue weighted by Gasteiger charge is 2.39. The molecule has 2 aromatic rings. The van der Waals surface area contributed by atoms with Crippen molar-refractivity contribution in [2.24, 2.45) is 5.92 Å². The lowest BCUT2D eigenvalue weighted by molar-refractivity contribution is 0.519. The Bertz CT molecular complexity index is 1400. The van der Waals surface area contributed by atoms with E-state index in [0.29, 0.717) is 11.8 Å². The van der Waals surface area contributed by atoms with Crippen LogP contribution < -0.4 is 5.32 Å². The third-order valence-electron chi connectivity index (χ3n) is 8.63. The molecule has 0 aromatic heterocycles. The lowest BCUT2D eigenvalue weighted by atomic mass is 9.75. The van der Waals surface area contributed by atoms with Crippen molar-refractivity contribution >= 4 is 11.3 Å². The second-order valence-electron chi connectivity index (χ2n) is 11.0. The van der Waals surface area contributed by atoms with Crippen LogP contribution in [0.3, 0.4) is 0 Å². The zero-order chi connectivity index (χ0) is 24.9. The van der Waals surface area contributed by atoms with Gasteiger partial charge in [-0.25, -0.2) is 0 Å². The molecule has 4 aliphatic rings. The molecule has 0 fully saturated rings. The SMILES string of the molecule is C=CC1=CC(Nc2cccc(C3C=C4C(=CC3)c3ccccc3C4(C)C)c2)C2CCC=CC2=C1C=C. The first-order chi connectivity index (χ1) is 17.5. The van der Waals surface area contributed by atoms with Crippen LogP contribution in [0.25, 0.3) is 5.57 Å². The molecule has 6 rings (SSSR count). The number of fused-ring (bicyclic) bond motifs is 4. The molecule has 36 heavy (non-hydrogen) atoms. The minimum Gasteiger partial charge on any atom is -0.378 e. The van der Waals surface area contributed by atoms with Crippen molar-refractivity contribution < 1.29 is 0 Å². The second-order valence-corrected chi connectivity index (χ2v) is 11.0. The van der Waals surface area contributed by atoms with Gasteiger partial charge in [0.05, 0.1) is 6.04 Å². The van der Waals surface area contributed by atoms with Gasteiger partial charge >= 0.3 is 0 Å². The number of benzene rings is 2. The number of hydrogen-bond donors (Lipinski definition) is 1. The van der Waals surface area contributed by atoms with Crippen LogP contribution in [0.1, 0.15) is 55.7 Å². The molecular weight excluding hydrogens is 434 g/mol. The summed E-state index contributed by atoms with van der Waals surface area (Å²) in [6.45, 7) is 12.9. The van der Waals surface area contributed by atoms with Gasteiger partial charge in [0.15, 0.2) is 0 Å². The fourth-order valence-electron chi connectivity index (χ4n) is 6.76. The van der Waals surface area contributed by atoms with Gasteiger partial charge in [0.1, 0.15) is 0 Å². The highest BCUT2D eigenvalue weighted by molar-refractivity contribution is 5.90. The Morgan fingerprint density at radius 1 is 1.00 bits per heavy atom. The highest BCUT2D eigenvalue weighted by Crippen LogP contribution is 2.53. The van der Waals surface area contributed by atoms with E-state index in [4.69, 9.17) is 0 Å². The van der Waals surface area contributed by atoms with E-state index in [1.54, 1.807) is 0 Å². The van der Waals surface area contributed by atoms with Crippen LogP contribution in [0.2, 0.25) is 0 Å². The average molecular weight is 470 g/mol. The van der Waals surface area contributed by atoms with E-state index >= 15 is 0 Å². The van der Waals surface area contributed by atoms with Crippen molar-refractivity contribution in [3.05, 3.63) is 143 Å². The molecule has 0 heterocycles. The van der Waals surface area contributed by atoms with E-state index in [1.165, 1.54) is 50.2 Å². The van der Waals surface area contributed by atoms with Gasteiger partial charge in [-0.1, -0.05) is 106 Å². The summed E-state index contributed by atoms with van der Waals surface area (Å²) in [5, 5.41) is 3.88. The van der Waals surface area contributed by atoms with Gasteiger partial charge in [-0.3, -0.25) is 0 Å². The van der Waals surface area contributed by atoms with Gasteiger partial charge in [0.2, 0.25) is 0 Å². The molecule has 2 aromatic carbocycles. The minimum absolute atomic E-state index is 0.0467. The largest absolute Gasteiger partial charge is 0.378 e. The number of nitrogens with one attached hydrogen (secondary N) is 1. The van der Waals surface area contributed by atoms with E-state index < -0.39 is 0 Å². The summed E-state index contributed by atoms with van der Waals surface area (Å²) in [6.07, 6.45) is 19.2. The summed E-state index contributed by atoms with van der Waals surface area (Å²) in [6, 6.07) is 18.2. The Labute approximate surface area is 216 Å². The van der Waals surface area contributed by atoms with Crippen LogP contribution >= 0.6 is 0 Å². The van der Waals surface area contributed by atoms with Gasteiger partial charge in [-0.2, -0.15) is 0 Å². The summed E-state index contributed by atoms with van der Waals surface area (Å²) in [7, 11) is 0. The van der Waals surface area contributed by atoms with Crippen molar-refractivity contribution in [2.45, 2.75) is 50.5 Å². The van der Waals surface area contributed by atoms with Crippen molar-refractivity contribution in [3.8, 4) is 0 Å². The molecule has 0 bridgehead atoms. The fourth-order valence-corrected chi connectivity index (χ4v) is 6.76. The maximum atomic E-state index is 4.08. The minimum atomic E-state index is 0.0467. The average Bonchev–Trinajstić information content (AvgIpc) is 3.15. The Kier molecular flexibility index (Phi) is 5.60. The molecular formula is C35H35N. The first-order valence-corrected chi connectivity index (χ1v) is 13.3. The summed E-state index contributed by atoms with van der Waals surface area (Å²) < 4.78 is 0. The molecule has 3 unspecified atom stereocenters. The second kappa shape index (κ2) is 8.82. The molecule has 1 N–H and O–H groups in total. The van der Waals surface area contributed by atoms with Crippen LogP contribution in [0.4, 0.5) is 5.69 Å². The Morgan fingerprint density at radius 3 is 2.69 bits per heavy atom. The highest BCUT2D eigenvalue weighted by atomic mass is 14.9. The topological polar surface area (TPSA) is 12.0 Å². The van der Waals surface area contributed by atoms with Gasteiger partial charge in [0, 0.05) is 22.9 Å². The molecule has 180 valence electrons. The molecule has 1 nitrogen and oxygen atoms in total. The Balaban J connectivity index is 1.29. The molecule has 0 spiro atoms. The molecule has 3 atom stereocenters. The quantitative estimate of drug-likeness (QED) is 0.461. The molecule has 0 aliphatic heterocycles. The maximum Gasteiger partial charge on any atom is 0.0522 e. The molecule has 0 radical (unpaired) electrons. The van der Waals surface area contributed by atoms with Crippen LogP contribution in [0.15, 0.2) is 127 Å². The number of rotatable bonds is 5. The molecule has 1 heteroatoms. The molecule has 0 amide bonds. The van der Waals surface area contributed by atoms with Gasteiger partial charge in [-0.05, 0) is 76.0 Å². The monoisotopic (exact) mass is 469 g/mol. The van der Waals surface area contributed by atoms with Crippen LogP contribution in [0.5, 0.6) is 0 Å². The summed E-state index contributed by atoms with van der Waals surface area (Å²) >= 11 is 0.